The summed E-state index contributed by atoms with van der Waals surface area (Å²) in [6, 6.07) is 12.8. The quantitative estimate of drug-likeness (QED) is 0.666. The highest BCUT2D eigenvalue weighted by Crippen LogP contribution is 2.27. The van der Waals surface area contributed by atoms with Gasteiger partial charge in [-0.15, -0.1) is 0 Å². The van der Waals surface area contributed by atoms with Crippen molar-refractivity contribution in [1.29, 1.82) is 0 Å². The van der Waals surface area contributed by atoms with Crippen LogP contribution in [-0.2, 0) is 21.2 Å². The Morgan fingerprint density at radius 3 is 2.47 bits per heavy atom. The summed E-state index contributed by atoms with van der Waals surface area (Å²) in [6.07, 6.45) is 3.24. The van der Waals surface area contributed by atoms with Gasteiger partial charge in [0.15, 0.2) is 0 Å². The minimum absolute atomic E-state index is 0.000425. The van der Waals surface area contributed by atoms with Crippen LogP contribution in [0.3, 0.4) is 0 Å². The summed E-state index contributed by atoms with van der Waals surface area (Å²) in [5.41, 5.74) is 0.889. The van der Waals surface area contributed by atoms with Crippen LogP contribution < -0.4 is 9.46 Å². The molecule has 2 aromatic carbocycles. The van der Waals surface area contributed by atoms with Crippen LogP contribution in [0.5, 0.6) is 5.75 Å². The molecule has 1 aliphatic heterocycles. The van der Waals surface area contributed by atoms with E-state index in [0.717, 1.165) is 24.8 Å². The molecule has 2 aromatic rings. The molecule has 1 amide bonds. The molecule has 1 fully saturated rings. The number of nitrogens with one attached hydrogen (secondary N) is 1. The molecule has 0 aromatic heterocycles. The standard InChI is InChI=1S/C22H27ClN2O4S/c1-2-29-21-12-11-18(16-19(21)23)30(27,28)24-20(15-17-9-5-3-6-10-17)22(26)25-13-7-4-8-14-25/h3,5-6,9-12,16,20,24H,2,4,7-8,13-15H2,1H3/t20-/m1/s1. The molecule has 0 spiro atoms. The number of amides is 1. The van der Waals surface area contributed by atoms with E-state index in [4.69, 9.17) is 16.3 Å². The van der Waals surface area contributed by atoms with Crippen molar-refractivity contribution in [2.45, 2.75) is 43.5 Å². The summed E-state index contributed by atoms with van der Waals surface area (Å²) < 4.78 is 34.1. The van der Waals surface area contributed by atoms with E-state index in [2.05, 4.69) is 4.72 Å². The van der Waals surface area contributed by atoms with Crippen molar-refractivity contribution >= 4 is 27.5 Å². The number of halogens is 1. The third-order valence-electron chi connectivity index (χ3n) is 5.06. The third kappa shape index (κ3) is 5.74. The molecule has 8 heteroatoms. The lowest BCUT2D eigenvalue weighted by atomic mass is 10.0. The molecule has 0 saturated carbocycles. The molecule has 0 radical (unpaired) electrons. The van der Waals surface area contributed by atoms with Crippen molar-refractivity contribution in [2.75, 3.05) is 19.7 Å². The molecule has 0 bridgehead atoms. The van der Waals surface area contributed by atoms with Gasteiger partial charge in [0.2, 0.25) is 15.9 Å². The average molecular weight is 451 g/mol. The minimum Gasteiger partial charge on any atom is -0.492 e. The van der Waals surface area contributed by atoms with Gasteiger partial charge < -0.3 is 9.64 Å². The van der Waals surface area contributed by atoms with Crippen LogP contribution in [0.1, 0.15) is 31.7 Å². The first kappa shape index (κ1) is 22.6. The predicted octanol–water partition coefficient (Wildman–Crippen LogP) is 3.64. The molecule has 0 unspecified atom stereocenters. The lowest BCUT2D eigenvalue weighted by Crippen LogP contribution is -2.50. The van der Waals surface area contributed by atoms with Crippen molar-refractivity contribution < 1.29 is 17.9 Å². The van der Waals surface area contributed by atoms with E-state index in [9.17, 15) is 13.2 Å². The summed E-state index contributed by atoms with van der Waals surface area (Å²) in [5, 5.41) is 0.210. The van der Waals surface area contributed by atoms with Gasteiger partial charge in [-0.2, -0.15) is 4.72 Å². The Labute approximate surface area is 183 Å². The zero-order chi connectivity index (χ0) is 21.6. The van der Waals surface area contributed by atoms with Gasteiger partial charge in [-0.3, -0.25) is 4.79 Å². The lowest BCUT2D eigenvalue weighted by molar-refractivity contribution is -0.133. The molecule has 0 aliphatic carbocycles. The molecule has 1 N–H and O–H groups in total. The Morgan fingerprint density at radius 1 is 1.13 bits per heavy atom. The van der Waals surface area contributed by atoms with Crippen molar-refractivity contribution in [3.8, 4) is 5.75 Å². The first-order chi connectivity index (χ1) is 14.4. The first-order valence-corrected chi connectivity index (χ1v) is 12.0. The smallest absolute Gasteiger partial charge is 0.241 e. The normalized spacial score (nSPS) is 15.6. The predicted molar refractivity (Wildman–Crippen MR) is 117 cm³/mol. The number of carbonyl (C=O) groups excluding carboxylic acids is 1. The van der Waals surface area contributed by atoms with Crippen LogP contribution in [-0.4, -0.2) is 45.0 Å². The van der Waals surface area contributed by atoms with Crippen molar-refractivity contribution in [1.82, 2.24) is 9.62 Å². The number of nitrogens with zero attached hydrogens (tertiary/aromatic N) is 1. The maximum Gasteiger partial charge on any atom is 0.241 e. The average Bonchev–Trinajstić information content (AvgIpc) is 2.75. The third-order valence-corrected chi connectivity index (χ3v) is 6.82. The van der Waals surface area contributed by atoms with Crippen molar-refractivity contribution in [2.24, 2.45) is 0 Å². The first-order valence-electron chi connectivity index (χ1n) is 10.2. The summed E-state index contributed by atoms with van der Waals surface area (Å²) in [7, 11) is -3.95. The monoisotopic (exact) mass is 450 g/mol. The van der Waals surface area contributed by atoms with E-state index in [-0.39, 0.29) is 22.2 Å². The largest absolute Gasteiger partial charge is 0.492 e. The van der Waals surface area contributed by atoms with Gasteiger partial charge in [0.05, 0.1) is 16.5 Å². The fourth-order valence-electron chi connectivity index (χ4n) is 3.54. The SMILES string of the molecule is CCOc1ccc(S(=O)(=O)N[C@H](Cc2ccccc2)C(=O)N2CCCCC2)cc1Cl. The van der Waals surface area contributed by atoms with Gasteiger partial charge in [-0.25, -0.2) is 8.42 Å². The van der Waals surface area contributed by atoms with Crippen molar-refractivity contribution in [3.05, 3.63) is 59.1 Å². The molecule has 3 rings (SSSR count). The second kappa shape index (κ2) is 10.3. The van der Waals surface area contributed by atoms with Gasteiger partial charge in [-0.05, 0) is 56.4 Å². The van der Waals surface area contributed by atoms with Crippen LogP contribution in [0.2, 0.25) is 5.02 Å². The second-order valence-electron chi connectivity index (χ2n) is 7.27. The Hall–Kier alpha value is -2.09. The van der Waals surface area contributed by atoms with E-state index in [1.807, 2.05) is 37.3 Å². The lowest BCUT2D eigenvalue weighted by Gasteiger charge is -2.30. The Morgan fingerprint density at radius 2 is 1.83 bits per heavy atom. The minimum atomic E-state index is -3.95. The molecule has 162 valence electrons. The molecule has 6 nitrogen and oxygen atoms in total. The van der Waals surface area contributed by atoms with Crippen LogP contribution in [0.15, 0.2) is 53.4 Å². The van der Waals surface area contributed by atoms with Gasteiger partial charge in [-0.1, -0.05) is 41.9 Å². The maximum absolute atomic E-state index is 13.2. The van der Waals surface area contributed by atoms with Gasteiger partial charge >= 0.3 is 0 Å². The van der Waals surface area contributed by atoms with Gasteiger partial charge in [0.1, 0.15) is 11.8 Å². The zero-order valence-electron chi connectivity index (χ0n) is 17.0. The molecular formula is C22H27ClN2O4S. The molecule has 1 aliphatic rings. The zero-order valence-corrected chi connectivity index (χ0v) is 18.6. The van der Waals surface area contributed by atoms with E-state index in [1.165, 1.54) is 18.2 Å². The number of rotatable bonds is 8. The Balaban J connectivity index is 1.85. The number of sulfonamides is 1. The molecule has 1 atom stereocenters. The van der Waals surface area contributed by atoms with Crippen molar-refractivity contribution in [3.63, 3.8) is 0 Å². The highest BCUT2D eigenvalue weighted by atomic mass is 35.5. The number of ether oxygens (including phenoxy) is 1. The summed E-state index contributed by atoms with van der Waals surface area (Å²) >= 11 is 6.17. The van der Waals surface area contributed by atoms with Crippen LogP contribution >= 0.6 is 11.6 Å². The molecule has 30 heavy (non-hydrogen) atoms. The van der Waals surface area contributed by atoms with Gasteiger partial charge in [0.25, 0.3) is 0 Å². The summed E-state index contributed by atoms with van der Waals surface area (Å²) in [5.74, 6) is 0.225. The number of piperidine rings is 1. The number of likely N-dealkylation sites (tertiary alicyclic amines) is 1. The van der Waals surface area contributed by atoms with E-state index in [0.29, 0.717) is 25.4 Å². The van der Waals surface area contributed by atoms with E-state index in [1.54, 1.807) is 4.90 Å². The highest BCUT2D eigenvalue weighted by molar-refractivity contribution is 7.89. The number of benzene rings is 2. The van der Waals surface area contributed by atoms with Crippen LogP contribution in [0.4, 0.5) is 0 Å². The highest BCUT2D eigenvalue weighted by Gasteiger charge is 2.30. The molecule has 1 heterocycles. The number of carbonyl (C=O) groups is 1. The fraction of sp³-hybridized carbons (Fsp3) is 0.409. The Kier molecular flexibility index (Phi) is 7.75. The molecule has 1 saturated heterocycles. The fourth-order valence-corrected chi connectivity index (χ4v) is 5.06. The maximum atomic E-state index is 13.2. The summed E-state index contributed by atoms with van der Waals surface area (Å²) in [6.45, 7) is 3.55. The van der Waals surface area contributed by atoms with E-state index >= 15 is 0 Å². The number of hydrogen-bond donors (Lipinski definition) is 1. The van der Waals surface area contributed by atoms with Gasteiger partial charge in [0, 0.05) is 13.1 Å². The second-order valence-corrected chi connectivity index (χ2v) is 9.40. The van der Waals surface area contributed by atoms with Crippen LogP contribution in [0, 0.1) is 0 Å². The van der Waals surface area contributed by atoms with Crippen LogP contribution in [0.25, 0.3) is 0 Å². The topological polar surface area (TPSA) is 75.7 Å². The Bertz CT molecular complexity index is 960. The van der Waals surface area contributed by atoms with E-state index < -0.39 is 16.1 Å². The molecular weight excluding hydrogens is 424 g/mol. The number of hydrogen-bond acceptors (Lipinski definition) is 4. The summed E-state index contributed by atoms with van der Waals surface area (Å²) in [4.78, 5) is 14.9.